The Morgan fingerprint density at radius 1 is 0.920 bits per heavy atom. The summed E-state index contributed by atoms with van der Waals surface area (Å²) in [5, 5.41) is 8.85. The molecule has 0 aliphatic rings. The van der Waals surface area contributed by atoms with Crippen molar-refractivity contribution in [3.63, 3.8) is 0 Å². The van der Waals surface area contributed by atoms with Crippen molar-refractivity contribution < 1.29 is 4.74 Å². The monoisotopic (exact) mass is 331 g/mol. The quantitative estimate of drug-likeness (QED) is 0.378. The molecule has 2 heteroatoms. The molecule has 0 amide bonds. The normalized spacial score (nSPS) is 10.0. The van der Waals surface area contributed by atoms with Gasteiger partial charge in [0.2, 0.25) is 0 Å². The molecule has 0 radical (unpaired) electrons. The summed E-state index contributed by atoms with van der Waals surface area (Å²) in [7, 11) is 0. The third-order valence-corrected chi connectivity index (χ3v) is 4.15. The maximum atomic E-state index is 8.85. The van der Waals surface area contributed by atoms with E-state index >= 15 is 0 Å². The van der Waals surface area contributed by atoms with Gasteiger partial charge in [0.25, 0.3) is 0 Å². The van der Waals surface area contributed by atoms with Crippen molar-refractivity contribution in [2.75, 3.05) is 6.61 Å². The molecule has 0 heterocycles. The van der Waals surface area contributed by atoms with Crippen molar-refractivity contribution in [1.29, 1.82) is 5.26 Å². The molecule has 0 spiro atoms. The molecule has 0 atom stereocenters. The molecule has 0 fully saturated rings. The van der Waals surface area contributed by atoms with Crippen LogP contribution in [0.3, 0.4) is 0 Å². The van der Waals surface area contributed by atoms with Crippen molar-refractivity contribution in [1.82, 2.24) is 0 Å². The van der Waals surface area contributed by atoms with Gasteiger partial charge < -0.3 is 4.74 Å². The molecule has 0 saturated heterocycles. The maximum Gasteiger partial charge on any atom is 0.119 e. The zero-order valence-corrected chi connectivity index (χ0v) is 14.7. The molecule has 2 nitrogen and oxygen atoms in total. The minimum Gasteiger partial charge on any atom is -0.494 e. The number of nitriles is 1. The summed E-state index contributed by atoms with van der Waals surface area (Å²) >= 11 is 0. The van der Waals surface area contributed by atoms with Crippen molar-refractivity contribution in [3.05, 3.63) is 78.9 Å². The van der Waals surface area contributed by atoms with Crippen LogP contribution in [0.2, 0.25) is 0 Å². The number of ether oxygens (including phenoxy) is 1. The zero-order valence-electron chi connectivity index (χ0n) is 14.7. The Bertz CT molecular complexity index is 720. The summed E-state index contributed by atoms with van der Waals surface area (Å²) in [6, 6.07) is 17.9. The van der Waals surface area contributed by atoms with Crippen LogP contribution in [0, 0.1) is 11.3 Å². The van der Waals surface area contributed by atoms with Crippen LogP contribution in [0.4, 0.5) is 0 Å². The third kappa shape index (κ3) is 6.31. The van der Waals surface area contributed by atoms with Crippen LogP contribution in [-0.2, 0) is 0 Å². The number of nitrogens with zero attached hydrogens (tertiary/aromatic N) is 1. The molecule has 0 aromatic heterocycles. The van der Waals surface area contributed by atoms with Crippen LogP contribution in [-0.4, -0.2) is 6.61 Å². The van der Waals surface area contributed by atoms with E-state index in [1.54, 1.807) is 0 Å². The van der Waals surface area contributed by atoms with Crippen LogP contribution in [0.15, 0.2) is 73.3 Å². The number of rotatable bonds is 10. The lowest BCUT2D eigenvalue weighted by atomic mass is 10.0. The Kier molecular flexibility index (Phi) is 7.53. The first-order valence-electron chi connectivity index (χ1n) is 8.76. The lowest BCUT2D eigenvalue weighted by Crippen LogP contribution is -1.97. The lowest BCUT2D eigenvalue weighted by Gasteiger charge is -2.08. The fraction of sp³-hybridized carbons (Fsp3) is 0.261. The number of hydrogen-bond donors (Lipinski definition) is 0. The Hall–Kier alpha value is -2.79. The summed E-state index contributed by atoms with van der Waals surface area (Å²) < 4.78 is 5.81. The molecule has 2 aromatic rings. The molecule has 0 aliphatic heterocycles. The Balaban J connectivity index is 1.70. The first-order valence-corrected chi connectivity index (χ1v) is 8.76. The molecule has 25 heavy (non-hydrogen) atoms. The van der Waals surface area contributed by atoms with E-state index in [0.29, 0.717) is 5.56 Å². The molecule has 2 rings (SSSR count). The molecule has 0 N–H and O–H groups in total. The first-order chi connectivity index (χ1) is 12.2. The van der Waals surface area contributed by atoms with E-state index in [4.69, 9.17) is 10.00 Å². The van der Waals surface area contributed by atoms with E-state index in [1.165, 1.54) is 19.3 Å². The van der Waals surface area contributed by atoms with Gasteiger partial charge in [0.05, 0.1) is 18.2 Å². The topological polar surface area (TPSA) is 33.0 Å². The lowest BCUT2D eigenvalue weighted by molar-refractivity contribution is 0.305. The summed E-state index contributed by atoms with van der Waals surface area (Å²) in [4.78, 5) is 0. The standard InChI is InChI=1S/C23H25NO/c1-3-19(2)8-6-4-5-7-17-25-23-15-13-22(14-16-23)21-11-9-20(18-24)10-12-21/h3,9-16H,1-2,4-8,17H2. The van der Waals surface area contributed by atoms with Crippen molar-refractivity contribution in [2.24, 2.45) is 0 Å². The van der Waals surface area contributed by atoms with E-state index in [1.807, 2.05) is 42.5 Å². The van der Waals surface area contributed by atoms with Crippen molar-refractivity contribution in [2.45, 2.75) is 32.1 Å². The van der Waals surface area contributed by atoms with Crippen molar-refractivity contribution >= 4 is 0 Å². The van der Waals surface area contributed by atoms with Gasteiger partial charge in [-0.25, -0.2) is 0 Å². The average molecular weight is 331 g/mol. The highest BCUT2D eigenvalue weighted by Gasteiger charge is 2.00. The second-order valence-electron chi connectivity index (χ2n) is 6.09. The average Bonchev–Trinajstić information content (AvgIpc) is 2.67. The third-order valence-electron chi connectivity index (χ3n) is 4.15. The van der Waals surface area contributed by atoms with Gasteiger partial charge in [0, 0.05) is 0 Å². The maximum absolute atomic E-state index is 8.85. The summed E-state index contributed by atoms with van der Waals surface area (Å²) in [5.41, 5.74) is 4.03. The molecule has 0 aliphatic carbocycles. The summed E-state index contributed by atoms with van der Waals surface area (Å²) in [6.45, 7) is 8.40. The molecule has 128 valence electrons. The second kappa shape index (κ2) is 10.2. The largest absolute Gasteiger partial charge is 0.494 e. The van der Waals surface area contributed by atoms with E-state index in [9.17, 15) is 0 Å². The van der Waals surface area contributed by atoms with Gasteiger partial charge in [-0.3, -0.25) is 0 Å². The van der Waals surface area contributed by atoms with Gasteiger partial charge in [-0.1, -0.05) is 61.9 Å². The Labute approximate surface area is 151 Å². The van der Waals surface area contributed by atoms with Gasteiger partial charge in [-0.05, 0) is 54.7 Å². The van der Waals surface area contributed by atoms with Crippen LogP contribution in [0.1, 0.15) is 37.7 Å². The van der Waals surface area contributed by atoms with Crippen LogP contribution in [0.25, 0.3) is 11.1 Å². The fourth-order valence-electron chi connectivity index (χ4n) is 2.58. The summed E-state index contributed by atoms with van der Waals surface area (Å²) in [6.07, 6.45) is 7.50. The minimum atomic E-state index is 0.678. The van der Waals surface area contributed by atoms with E-state index < -0.39 is 0 Å². The number of benzene rings is 2. The molecule has 0 unspecified atom stereocenters. The van der Waals surface area contributed by atoms with Crippen LogP contribution < -0.4 is 4.74 Å². The van der Waals surface area contributed by atoms with Crippen LogP contribution >= 0.6 is 0 Å². The molecular weight excluding hydrogens is 306 g/mol. The molecule has 2 aromatic carbocycles. The van der Waals surface area contributed by atoms with Crippen LogP contribution in [0.5, 0.6) is 5.75 Å². The molecule has 0 bridgehead atoms. The van der Waals surface area contributed by atoms with Crippen molar-refractivity contribution in [3.8, 4) is 22.9 Å². The van der Waals surface area contributed by atoms with E-state index in [-0.39, 0.29) is 0 Å². The highest BCUT2D eigenvalue weighted by molar-refractivity contribution is 5.64. The zero-order chi connectivity index (χ0) is 17.9. The molecular formula is C23H25NO. The predicted octanol–water partition coefficient (Wildman–Crippen LogP) is 6.30. The number of hydrogen-bond acceptors (Lipinski definition) is 2. The fourth-order valence-corrected chi connectivity index (χ4v) is 2.58. The van der Waals surface area contributed by atoms with Gasteiger partial charge in [-0.15, -0.1) is 0 Å². The highest BCUT2D eigenvalue weighted by atomic mass is 16.5. The van der Waals surface area contributed by atoms with Gasteiger partial charge in [-0.2, -0.15) is 5.26 Å². The summed E-state index contributed by atoms with van der Waals surface area (Å²) in [5.74, 6) is 0.900. The first kappa shape index (κ1) is 18.5. The number of allylic oxidation sites excluding steroid dienone is 2. The van der Waals surface area contributed by atoms with Gasteiger partial charge >= 0.3 is 0 Å². The highest BCUT2D eigenvalue weighted by Crippen LogP contribution is 2.23. The Morgan fingerprint density at radius 3 is 2.12 bits per heavy atom. The smallest absolute Gasteiger partial charge is 0.119 e. The number of unbranched alkanes of at least 4 members (excludes halogenated alkanes) is 3. The van der Waals surface area contributed by atoms with E-state index in [0.717, 1.165) is 41.9 Å². The second-order valence-corrected chi connectivity index (χ2v) is 6.09. The predicted molar refractivity (Wildman–Crippen MR) is 105 cm³/mol. The molecule has 0 saturated carbocycles. The van der Waals surface area contributed by atoms with E-state index in [2.05, 4.69) is 31.4 Å². The SMILES string of the molecule is C=CC(=C)CCCCCCOc1ccc(-c2ccc(C#N)cc2)cc1. The minimum absolute atomic E-state index is 0.678. The Morgan fingerprint density at radius 2 is 1.52 bits per heavy atom. The van der Waals surface area contributed by atoms with Gasteiger partial charge in [0.1, 0.15) is 5.75 Å². The van der Waals surface area contributed by atoms with Gasteiger partial charge in [0.15, 0.2) is 0 Å².